The molecule has 8 heteroatoms. The number of aromatic nitrogens is 3. The maximum Gasteiger partial charge on any atom is 0.350 e. The lowest BCUT2D eigenvalue weighted by atomic mass is 10.0. The highest BCUT2D eigenvalue weighted by Gasteiger charge is 2.25. The summed E-state index contributed by atoms with van der Waals surface area (Å²) in [4.78, 5) is 26.6. The van der Waals surface area contributed by atoms with Crippen molar-refractivity contribution in [1.29, 1.82) is 0 Å². The van der Waals surface area contributed by atoms with E-state index in [2.05, 4.69) is 10.4 Å². The SMILES string of the molecule is Cl.O=C(CCn1nc2ccccn2c1=O)N1CCC(NCC2CC2)CC1. The van der Waals surface area contributed by atoms with Crippen LogP contribution in [-0.4, -0.2) is 50.7 Å². The van der Waals surface area contributed by atoms with Gasteiger partial charge in [-0.2, -0.15) is 0 Å². The molecule has 1 aliphatic carbocycles. The van der Waals surface area contributed by atoms with E-state index in [1.165, 1.54) is 21.9 Å². The van der Waals surface area contributed by atoms with Gasteiger partial charge in [0.15, 0.2) is 5.65 Å². The Kier molecular flexibility index (Phi) is 5.98. The zero-order valence-corrected chi connectivity index (χ0v) is 15.7. The molecule has 2 aromatic heterocycles. The summed E-state index contributed by atoms with van der Waals surface area (Å²) >= 11 is 0. The molecule has 1 saturated heterocycles. The second-order valence-corrected chi connectivity index (χ2v) is 7.19. The topological polar surface area (TPSA) is 71.6 Å². The number of pyridine rings is 1. The van der Waals surface area contributed by atoms with Gasteiger partial charge in [0.2, 0.25) is 5.91 Å². The lowest BCUT2D eigenvalue weighted by Gasteiger charge is -2.32. The summed E-state index contributed by atoms with van der Waals surface area (Å²) in [6.45, 7) is 3.08. The number of fused-ring (bicyclic) bond motifs is 1. The second-order valence-electron chi connectivity index (χ2n) is 7.19. The fourth-order valence-electron chi connectivity index (χ4n) is 3.46. The smallest absolute Gasteiger partial charge is 0.343 e. The van der Waals surface area contributed by atoms with Gasteiger partial charge in [0.05, 0.1) is 6.54 Å². The predicted molar refractivity (Wildman–Crippen MR) is 102 cm³/mol. The van der Waals surface area contributed by atoms with Crippen molar-refractivity contribution in [3.8, 4) is 0 Å². The first-order valence-electron chi connectivity index (χ1n) is 9.26. The van der Waals surface area contributed by atoms with Crippen LogP contribution in [0.3, 0.4) is 0 Å². The van der Waals surface area contributed by atoms with Crippen LogP contribution in [0.5, 0.6) is 0 Å². The molecule has 4 rings (SSSR count). The molecule has 142 valence electrons. The molecule has 2 aromatic rings. The van der Waals surface area contributed by atoms with E-state index in [1.54, 1.807) is 18.3 Å². The lowest BCUT2D eigenvalue weighted by molar-refractivity contribution is -0.132. The van der Waals surface area contributed by atoms with Gasteiger partial charge in [0, 0.05) is 31.7 Å². The number of hydrogen-bond acceptors (Lipinski definition) is 4. The Bertz CT molecular complexity index is 805. The Morgan fingerprint density at radius 3 is 2.65 bits per heavy atom. The minimum Gasteiger partial charge on any atom is -0.343 e. The fraction of sp³-hybridized carbons (Fsp3) is 0.611. The maximum absolute atomic E-state index is 12.4. The number of hydrogen-bond donors (Lipinski definition) is 1. The summed E-state index contributed by atoms with van der Waals surface area (Å²) in [5, 5.41) is 7.90. The zero-order chi connectivity index (χ0) is 17.2. The molecule has 0 bridgehead atoms. The molecule has 2 fully saturated rings. The van der Waals surface area contributed by atoms with Gasteiger partial charge in [-0.3, -0.25) is 9.20 Å². The Morgan fingerprint density at radius 2 is 1.96 bits per heavy atom. The highest BCUT2D eigenvalue weighted by atomic mass is 35.5. The lowest BCUT2D eigenvalue weighted by Crippen LogP contribution is -2.45. The Morgan fingerprint density at radius 1 is 1.19 bits per heavy atom. The number of nitrogens with zero attached hydrogens (tertiary/aromatic N) is 4. The molecule has 1 aliphatic heterocycles. The number of carbonyl (C=O) groups excluding carboxylic acids is 1. The number of aryl methyl sites for hydroxylation is 1. The van der Waals surface area contributed by atoms with Gasteiger partial charge in [-0.25, -0.2) is 9.48 Å². The molecule has 3 heterocycles. The molecule has 0 atom stereocenters. The summed E-state index contributed by atoms with van der Waals surface area (Å²) in [6.07, 6.45) is 6.80. The van der Waals surface area contributed by atoms with Crippen LogP contribution in [0, 0.1) is 5.92 Å². The van der Waals surface area contributed by atoms with Gasteiger partial charge in [0.25, 0.3) is 0 Å². The number of rotatable bonds is 6. The molecular weight excluding hydrogens is 354 g/mol. The average molecular weight is 380 g/mol. The molecule has 0 spiro atoms. The number of amides is 1. The van der Waals surface area contributed by atoms with E-state index in [0.717, 1.165) is 38.4 Å². The highest BCUT2D eigenvalue weighted by Crippen LogP contribution is 2.28. The largest absolute Gasteiger partial charge is 0.350 e. The van der Waals surface area contributed by atoms with Crippen LogP contribution in [0.1, 0.15) is 32.1 Å². The quantitative estimate of drug-likeness (QED) is 0.821. The Hall–Kier alpha value is -1.86. The van der Waals surface area contributed by atoms with Crippen molar-refractivity contribution in [3.63, 3.8) is 0 Å². The normalized spacial score (nSPS) is 18.1. The number of piperidine rings is 1. The standard InChI is InChI=1S/C18H25N5O2.ClH/c24-17(21-10-6-15(7-11-21)19-13-14-4-5-14)8-12-23-18(25)22-9-2-1-3-16(22)20-23;/h1-3,9,14-15,19H,4-8,10-13H2;1H. The molecule has 1 saturated carbocycles. The van der Waals surface area contributed by atoms with Crippen molar-refractivity contribution >= 4 is 24.0 Å². The van der Waals surface area contributed by atoms with Crippen LogP contribution in [0.25, 0.3) is 5.65 Å². The summed E-state index contributed by atoms with van der Waals surface area (Å²) in [5.74, 6) is 1.01. The monoisotopic (exact) mass is 379 g/mol. The summed E-state index contributed by atoms with van der Waals surface area (Å²) in [7, 11) is 0. The van der Waals surface area contributed by atoms with E-state index >= 15 is 0 Å². The minimum absolute atomic E-state index is 0. The van der Waals surface area contributed by atoms with Crippen LogP contribution < -0.4 is 11.0 Å². The fourth-order valence-corrected chi connectivity index (χ4v) is 3.46. The summed E-state index contributed by atoms with van der Waals surface area (Å²) in [6, 6.07) is 5.98. The Balaban J connectivity index is 0.00000196. The third-order valence-electron chi connectivity index (χ3n) is 5.27. The van der Waals surface area contributed by atoms with Gasteiger partial charge in [-0.15, -0.1) is 17.5 Å². The molecule has 2 aliphatic rings. The number of nitrogens with one attached hydrogen (secondary N) is 1. The van der Waals surface area contributed by atoms with Crippen LogP contribution in [0.2, 0.25) is 0 Å². The van der Waals surface area contributed by atoms with Gasteiger partial charge >= 0.3 is 5.69 Å². The third-order valence-corrected chi connectivity index (χ3v) is 5.27. The first-order valence-corrected chi connectivity index (χ1v) is 9.26. The van der Waals surface area contributed by atoms with E-state index in [1.807, 2.05) is 11.0 Å². The Labute approximate surface area is 158 Å². The molecular formula is C18H26ClN5O2. The van der Waals surface area contributed by atoms with Crippen molar-refractivity contribution in [1.82, 2.24) is 24.4 Å². The maximum atomic E-state index is 12.4. The van der Waals surface area contributed by atoms with Crippen molar-refractivity contribution in [3.05, 3.63) is 34.9 Å². The summed E-state index contributed by atoms with van der Waals surface area (Å²) in [5.41, 5.74) is 0.425. The van der Waals surface area contributed by atoms with E-state index in [0.29, 0.717) is 24.7 Å². The van der Waals surface area contributed by atoms with Gasteiger partial charge < -0.3 is 10.2 Å². The molecule has 26 heavy (non-hydrogen) atoms. The van der Waals surface area contributed by atoms with Gasteiger partial charge in [-0.1, -0.05) is 6.07 Å². The molecule has 7 nitrogen and oxygen atoms in total. The van der Waals surface area contributed by atoms with Crippen molar-refractivity contribution in [2.75, 3.05) is 19.6 Å². The van der Waals surface area contributed by atoms with E-state index in [9.17, 15) is 9.59 Å². The van der Waals surface area contributed by atoms with Gasteiger partial charge in [0.1, 0.15) is 0 Å². The average Bonchev–Trinajstić information content (AvgIpc) is 3.42. The predicted octanol–water partition coefficient (Wildman–Crippen LogP) is 1.30. The van der Waals surface area contributed by atoms with Crippen molar-refractivity contribution < 1.29 is 4.79 Å². The van der Waals surface area contributed by atoms with Gasteiger partial charge in [-0.05, 0) is 50.3 Å². The van der Waals surface area contributed by atoms with Crippen LogP contribution in [0.4, 0.5) is 0 Å². The third kappa shape index (κ3) is 4.27. The molecule has 0 radical (unpaired) electrons. The van der Waals surface area contributed by atoms with Crippen LogP contribution >= 0.6 is 12.4 Å². The number of likely N-dealkylation sites (tertiary alicyclic amines) is 1. The van der Waals surface area contributed by atoms with Crippen LogP contribution in [0.15, 0.2) is 29.2 Å². The first-order chi connectivity index (χ1) is 12.2. The van der Waals surface area contributed by atoms with Crippen molar-refractivity contribution in [2.24, 2.45) is 5.92 Å². The summed E-state index contributed by atoms with van der Waals surface area (Å²) < 4.78 is 2.89. The molecule has 0 unspecified atom stereocenters. The molecule has 1 amide bonds. The minimum atomic E-state index is -0.189. The number of carbonyl (C=O) groups is 1. The van der Waals surface area contributed by atoms with Crippen LogP contribution in [-0.2, 0) is 11.3 Å². The van der Waals surface area contributed by atoms with E-state index in [4.69, 9.17) is 0 Å². The number of halogens is 1. The zero-order valence-electron chi connectivity index (χ0n) is 14.8. The second kappa shape index (κ2) is 8.22. The first kappa shape index (κ1) is 18.9. The molecule has 1 N–H and O–H groups in total. The van der Waals surface area contributed by atoms with E-state index in [-0.39, 0.29) is 24.0 Å². The molecule has 0 aromatic carbocycles. The van der Waals surface area contributed by atoms with E-state index < -0.39 is 0 Å². The van der Waals surface area contributed by atoms with Crippen molar-refractivity contribution in [2.45, 2.75) is 44.7 Å². The highest BCUT2D eigenvalue weighted by molar-refractivity contribution is 5.85.